The van der Waals surface area contributed by atoms with Crippen molar-refractivity contribution in [3.05, 3.63) is 24.3 Å². The lowest BCUT2D eigenvalue weighted by molar-refractivity contribution is 0.0334. The molecule has 0 amide bonds. The summed E-state index contributed by atoms with van der Waals surface area (Å²) in [5.41, 5.74) is 2.13. The summed E-state index contributed by atoms with van der Waals surface area (Å²) in [5, 5.41) is 10.9. The topological polar surface area (TPSA) is 20.2 Å². The Labute approximate surface area is 98.2 Å². The maximum Gasteiger partial charge on any atom is 0.0925 e. The molecule has 3 aliphatic rings. The minimum Gasteiger partial charge on any atom is -0.385 e. The number of fused-ring (bicyclic) bond motifs is 3. The van der Waals surface area contributed by atoms with Crippen LogP contribution in [-0.2, 0) is 0 Å². The minimum atomic E-state index is -0.621. The Hall–Kier alpha value is -0.560. The predicted octanol–water partition coefficient (Wildman–Crippen LogP) is 3.31. The van der Waals surface area contributed by atoms with Gasteiger partial charge in [0, 0.05) is 5.92 Å². The molecule has 16 heavy (non-hydrogen) atoms. The number of hydrogen-bond donors (Lipinski definition) is 1. The van der Waals surface area contributed by atoms with Crippen molar-refractivity contribution in [3.63, 3.8) is 0 Å². The average molecular weight is 218 g/mol. The Morgan fingerprint density at radius 1 is 1.25 bits per heavy atom. The molecule has 3 aliphatic carbocycles. The van der Waals surface area contributed by atoms with Crippen LogP contribution >= 0.6 is 0 Å². The molecule has 0 heterocycles. The molecule has 88 valence electrons. The molecule has 3 rings (SSSR count). The molecule has 0 radical (unpaired) electrons. The fraction of sp³-hybridized carbons (Fsp3) is 0.733. The van der Waals surface area contributed by atoms with Gasteiger partial charge in [0.1, 0.15) is 0 Å². The van der Waals surface area contributed by atoms with Gasteiger partial charge in [-0.3, -0.25) is 0 Å². The lowest BCUT2D eigenvalue weighted by atomic mass is 9.78. The molecule has 0 aliphatic heterocycles. The summed E-state index contributed by atoms with van der Waals surface area (Å²) in [6.45, 7) is 13.0. The minimum absolute atomic E-state index is 0.294. The second kappa shape index (κ2) is 2.81. The maximum atomic E-state index is 10.9. The average Bonchev–Trinajstić information content (AvgIpc) is 2.64. The van der Waals surface area contributed by atoms with Crippen molar-refractivity contribution in [3.8, 4) is 0 Å². The van der Waals surface area contributed by atoms with E-state index < -0.39 is 5.60 Å². The molecule has 0 aromatic rings. The molecule has 1 nitrogen and oxygen atoms in total. The number of rotatable bonds is 0. The van der Waals surface area contributed by atoms with E-state index in [0.29, 0.717) is 17.3 Å². The largest absolute Gasteiger partial charge is 0.385 e. The molecule has 1 heteroatoms. The fourth-order valence-electron chi connectivity index (χ4n) is 4.49. The van der Waals surface area contributed by atoms with Gasteiger partial charge in [-0.1, -0.05) is 32.6 Å². The first-order chi connectivity index (χ1) is 7.39. The zero-order valence-electron chi connectivity index (χ0n) is 10.4. The van der Waals surface area contributed by atoms with Crippen LogP contribution in [0.5, 0.6) is 0 Å². The Balaban J connectivity index is 2.04. The van der Waals surface area contributed by atoms with Crippen LogP contribution < -0.4 is 0 Å². The Bertz CT molecular complexity index is 379. The first kappa shape index (κ1) is 10.6. The van der Waals surface area contributed by atoms with Gasteiger partial charge < -0.3 is 5.11 Å². The third-order valence-corrected chi connectivity index (χ3v) is 5.65. The van der Waals surface area contributed by atoms with Gasteiger partial charge in [0.15, 0.2) is 0 Å². The molecule has 4 atom stereocenters. The van der Waals surface area contributed by atoms with Crippen LogP contribution in [0.1, 0.15) is 39.5 Å². The van der Waals surface area contributed by atoms with Crippen molar-refractivity contribution in [1.82, 2.24) is 0 Å². The molecule has 0 bridgehead atoms. The molecular formula is C15H22O. The fourth-order valence-corrected chi connectivity index (χ4v) is 4.49. The van der Waals surface area contributed by atoms with Crippen LogP contribution in [0.15, 0.2) is 24.3 Å². The summed E-state index contributed by atoms with van der Waals surface area (Å²) in [5.74, 6) is 1.72. The first-order valence-corrected chi connectivity index (χ1v) is 6.47. The third-order valence-electron chi connectivity index (χ3n) is 5.65. The quantitative estimate of drug-likeness (QED) is 0.618. The molecular weight excluding hydrogens is 196 g/mol. The lowest BCUT2D eigenvalue weighted by Crippen LogP contribution is -2.37. The van der Waals surface area contributed by atoms with Crippen molar-refractivity contribution < 1.29 is 5.11 Å². The van der Waals surface area contributed by atoms with Gasteiger partial charge in [-0.25, -0.2) is 0 Å². The van der Waals surface area contributed by atoms with Crippen LogP contribution in [-0.4, -0.2) is 10.7 Å². The Morgan fingerprint density at radius 3 is 2.62 bits per heavy atom. The highest BCUT2D eigenvalue weighted by Gasteiger charge is 2.67. The van der Waals surface area contributed by atoms with Crippen LogP contribution in [0.2, 0.25) is 0 Å². The van der Waals surface area contributed by atoms with E-state index in [0.717, 1.165) is 30.8 Å². The normalized spacial score (nSPS) is 49.6. The van der Waals surface area contributed by atoms with E-state index in [1.54, 1.807) is 0 Å². The molecule has 0 unspecified atom stereocenters. The summed E-state index contributed by atoms with van der Waals surface area (Å²) >= 11 is 0. The SMILES string of the molecule is C=C1CC[C@@]2(O)C(=C)CC[C@@H]3[C@H]([C@H]12)C3(C)C. The van der Waals surface area contributed by atoms with E-state index >= 15 is 0 Å². The van der Waals surface area contributed by atoms with Gasteiger partial charge in [-0.2, -0.15) is 0 Å². The molecule has 0 aromatic heterocycles. The lowest BCUT2D eigenvalue weighted by Gasteiger charge is -2.33. The summed E-state index contributed by atoms with van der Waals surface area (Å²) in [7, 11) is 0. The van der Waals surface area contributed by atoms with Gasteiger partial charge in [0.25, 0.3) is 0 Å². The van der Waals surface area contributed by atoms with Crippen molar-refractivity contribution in [1.29, 1.82) is 0 Å². The van der Waals surface area contributed by atoms with Gasteiger partial charge in [0.05, 0.1) is 5.60 Å². The van der Waals surface area contributed by atoms with Crippen LogP contribution in [0.25, 0.3) is 0 Å². The highest BCUT2D eigenvalue weighted by atomic mass is 16.3. The highest BCUT2D eigenvalue weighted by Crippen LogP contribution is 2.71. The smallest absolute Gasteiger partial charge is 0.0925 e. The van der Waals surface area contributed by atoms with Crippen molar-refractivity contribution in [2.75, 3.05) is 0 Å². The van der Waals surface area contributed by atoms with Gasteiger partial charge in [-0.05, 0) is 48.5 Å². The van der Waals surface area contributed by atoms with E-state index in [4.69, 9.17) is 0 Å². The second-order valence-electron chi connectivity index (χ2n) is 6.66. The molecule has 0 saturated heterocycles. The number of aliphatic hydroxyl groups is 1. The van der Waals surface area contributed by atoms with Crippen LogP contribution in [0, 0.1) is 23.2 Å². The summed E-state index contributed by atoms with van der Waals surface area (Å²) in [6, 6.07) is 0. The molecule has 3 saturated carbocycles. The number of hydrogen-bond acceptors (Lipinski definition) is 1. The van der Waals surface area contributed by atoms with E-state index in [1.807, 2.05) is 0 Å². The molecule has 3 fully saturated rings. The Morgan fingerprint density at radius 2 is 1.94 bits per heavy atom. The van der Waals surface area contributed by atoms with Crippen molar-refractivity contribution in [2.45, 2.75) is 45.1 Å². The van der Waals surface area contributed by atoms with E-state index in [1.165, 1.54) is 12.0 Å². The summed E-state index contributed by atoms with van der Waals surface area (Å²) in [4.78, 5) is 0. The summed E-state index contributed by atoms with van der Waals surface area (Å²) in [6.07, 6.45) is 4.06. The molecule has 0 spiro atoms. The van der Waals surface area contributed by atoms with Crippen molar-refractivity contribution >= 4 is 0 Å². The predicted molar refractivity (Wildman–Crippen MR) is 65.9 cm³/mol. The van der Waals surface area contributed by atoms with Crippen molar-refractivity contribution in [2.24, 2.45) is 23.2 Å². The molecule has 0 aromatic carbocycles. The Kier molecular flexibility index (Phi) is 1.86. The van der Waals surface area contributed by atoms with E-state index in [-0.39, 0.29) is 0 Å². The summed E-state index contributed by atoms with van der Waals surface area (Å²) < 4.78 is 0. The first-order valence-electron chi connectivity index (χ1n) is 6.47. The zero-order valence-corrected chi connectivity index (χ0v) is 10.4. The van der Waals surface area contributed by atoms with Gasteiger partial charge in [-0.15, -0.1) is 0 Å². The monoisotopic (exact) mass is 218 g/mol. The maximum absolute atomic E-state index is 10.9. The highest BCUT2D eigenvalue weighted by molar-refractivity contribution is 5.34. The van der Waals surface area contributed by atoms with E-state index in [2.05, 4.69) is 27.0 Å². The third kappa shape index (κ3) is 1.05. The zero-order chi connectivity index (χ0) is 11.7. The van der Waals surface area contributed by atoms with Gasteiger partial charge in [0.2, 0.25) is 0 Å². The van der Waals surface area contributed by atoms with Crippen LogP contribution in [0.4, 0.5) is 0 Å². The molecule has 1 N–H and O–H groups in total. The van der Waals surface area contributed by atoms with Crippen LogP contribution in [0.3, 0.4) is 0 Å². The van der Waals surface area contributed by atoms with E-state index in [9.17, 15) is 5.11 Å². The van der Waals surface area contributed by atoms with Gasteiger partial charge >= 0.3 is 0 Å². The second-order valence-corrected chi connectivity index (χ2v) is 6.66. The standard InChI is InChI=1S/C15H22O/c1-9-7-8-15(16)10(2)5-6-11-13(12(9)15)14(11,3)4/h11-13,16H,1-2,5-8H2,3-4H3/t11-,12+,13-,15-/m1/s1.